The molecule has 1 aliphatic heterocycles. The van der Waals surface area contributed by atoms with Gasteiger partial charge in [-0.1, -0.05) is 39.0 Å². The van der Waals surface area contributed by atoms with Crippen molar-refractivity contribution in [3.8, 4) is 0 Å². The first-order chi connectivity index (χ1) is 15.7. The molecule has 0 amide bonds. The molecule has 5 rings (SSSR count). The number of allylic oxidation sites excluding steroid dienone is 1. The Morgan fingerprint density at radius 1 is 1.26 bits per heavy atom. The number of rotatable bonds is 2. The monoisotopic (exact) mass is 472 g/mol. The van der Waals surface area contributed by atoms with Gasteiger partial charge in [0.15, 0.2) is 11.9 Å². The highest BCUT2D eigenvalue weighted by Crippen LogP contribution is 2.73. The fraction of sp³-hybridized carbons (Fsp3) is 0.750. The molecule has 1 heterocycles. The molecule has 3 fully saturated rings. The summed E-state index contributed by atoms with van der Waals surface area (Å²) >= 11 is 0. The van der Waals surface area contributed by atoms with Crippen molar-refractivity contribution in [2.75, 3.05) is 6.61 Å². The van der Waals surface area contributed by atoms with Crippen LogP contribution in [0.15, 0.2) is 34.9 Å². The van der Waals surface area contributed by atoms with Crippen LogP contribution in [0.25, 0.3) is 0 Å². The zero-order valence-electron chi connectivity index (χ0n) is 21.7. The first-order valence-corrected chi connectivity index (χ1v) is 12.7. The maximum Gasteiger partial charge on any atom is 0.334 e. The number of hydrogen-bond donors (Lipinski definition) is 2. The highest BCUT2D eigenvalue weighted by atomic mass is 16.7. The summed E-state index contributed by atoms with van der Waals surface area (Å²) in [6.07, 6.45) is 4.18. The van der Waals surface area contributed by atoms with E-state index in [2.05, 4.69) is 26.8 Å². The third-order valence-electron chi connectivity index (χ3n) is 9.92. The van der Waals surface area contributed by atoms with Crippen LogP contribution >= 0.6 is 0 Å². The van der Waals surface area contributed by atoms with Crippen molar-refractivity contribution in [3.63, 3.8) is 0 Å². The van der Waals surface area contributed by atoms with E-state index >= 15 is 0 Å². The smallest absolute Gasteiger partial charge is 0.334 e. The Labute approximate surface area is 203 Å². The van der Waals surface area contributed by atoms with E-state index in [-0.39, 0.29) is 17.3 Å². The van der Waals surface area contributed by atoms with E-state index in [9.17, 15) is 15.0 Å². The van der Waals surface area contributed by atoms with Crippen LogP contribution in [0.5, 0.6) is 0 Å². The average Bonchev–Trinajstić information content (AvgIpc) is 3.25. The summed E-state index contributed by atoms with van der Waals surface area (Å²) in [6.45, 7) is 16.1. The topological polar surface area (TPSA) is 85.2 Å². The molecule has 0 aromatic rings. The standard InChI is InChI=1S/C28H40O6/c1-9-14(2)24(30)33-22-15(3)12-27-16(4)10-19-20(25(19,5)6)18(21(27)29)11-17-13-32-26(7,8)34-23(17)28(22,27)31/h9,11-12,16,18-23,29,31H,10,13H2,1-8H3/b14-9+/t16-,18+,19-,20+,21?,22+,23-,27+,28-/m1/s1. The first-order valence-electron chi connectivity index (χ1n) is 12.7. The van der Waals surface area contributed by atoms with Crippen LogP contribution in [0.4, 0.5) is 0 Å². The summed E-state index contributed by atoms with van der Waals surface area (Å²) in [6, 6.07) is 0. The second-order valence-corrected chi connectivity index (χ2v) is 12.4. The van der Waals surface area contributed by atoms with Gasteiger partial charge in [-0.3, -0.25) is 0 Å². The van der Waals surface area contributed by atoms with E-state index in [1.54, 1.807) is 19.9 Å². The molecule has 4 aliphatic carbocycles. The van der Waals surface area contributed by atoms with Crippen LogP contribution in [0.2, 0.25) is 0 Å². The maximum absolute atomic E-state index is 12.9. The summed E-state index contributed by atoms with van der Waals surface area (Å²) in [7, 11) is 0. The minimum Gasteiger partial charge on any atom is -0.451 e. The lowest BCUT2D eigenvalue weighted by atomic mass is 9.58. The molecular weight excluding hydrogens is 432 g/mol. The molecule has 1 unspecified atom stereocenters. The molecule has 5 aliphatic rings. The van der Waals surface area contributed by atoms with Gasteiger partial charge >= 0.3 is 5.97 Å². The van der Waals surface area contributed by atoms with E-state index < -0.39 is 41.1 Å². The van der Waals surface area contributed by atoms with Gasteiger partial charge in [-0.15, -0.1) is 0 Å². The summed E-state index contributed by atoms with van der Waals surface area (Å²) in [5, 5.41) is 25.1. The van der Waals surface area contributed by atoms with Crippen molar-refractivity contribution in [3.05, 3.63) is 34.9 Å². The Kier molecular flexibility index (Phi) is 5.19. The van der Waals surface area contributed by atoms with Crippen LogP contribution in [0, 0.1) is 34.5 Å². The van der Waals surface area contributed by atoms with Crippen LogP contribution in [0.3, 0.4) is 0 Å². The largest absolute Gasteiger partial charge is 0.451 e. The van der Waals surface area contributed by atoms with Crippen molar-refractivity contribution in [1.82, 2.24) is 0 Å². The van der Waals surface area contributed by atoms with Gasteiger partial charge in [0.2, 0.25) is 0 Å². The van der Waals surface area contributed by atoms with E-state index in [0.717, 1.165) is 17.6 Å². The molecule has 0 aromatic carbocycles. The Morgan fingerprint density at radius 3 is 2.59 bits per heavy atom. The Hall–Kier alpha value is -1.47. The molecular formula is C28H40O6. The van der Waals surface area contributed by atoms with Crippen LogP contribution in [-0.4, -0.2) is 52.5 Å². The minimum atomic E-state index is -1.66. The minimum absolute atomic E-state index is 0.0458. The van der Waals surface area contributed by atoms with Crippen molar-refractivity contribution in [2.24, 2.45) is 34.5 Å². The molecule has 0 radical (unpaired) electrons. The zero-order valence-corrected chi connectivity index (χ0v) is 21.7. The Balaban J connectivity index is 1.72. The molecule has 2 N–H and O–H groups in total. The molecule has 2 bridgehead atoms. The lowest BCUT2D eigenvalue weighted by molar-refractivity contribution is -0.313. The molecule has 1 saturated heterocycles. The van der Waals surface area contributed by atoms with Gasteiger partial charge in [-0.25, -0.2) is 4.79 Å². The number of esters is 1. The van der Waals surface area contributed by atoms with E-state index in [1.165, 1.54) is 0 Å². The van der Waals surface area contributed by atoms with Crippen molar-refractivity contribution < 1.29 is 29.2 Å². The Bertz CT molecular complexity index is 1000. The van der Waals surface area contributed by atoms with E-state index in [0.29, 0.717) is 24.0 Å². The average molecular weight is 473 g/mol. The fourth-order valence-electron chi connectivity index (χ4n) is 7.93. The van der Waals surface area contributed by atoms with Gasteiger partial charge in [0.25, 0.3) is 0 Å². The van der Waals surface area contributed by atoms with Gasteiger partial charge in [0, 0.05) is 11.5 Å². The molecule has 188 valence electrons. The summed E-state index contributed by atoms with van der Waals surface area (Å²) in [4.78, 5) is 12.9. The number of aliphatic hydroxyl groups excluding tert-OH is 1. The van der Waals surface area contributed by atoms with Gasteiger partial charge < -0.3 is 24.4 Å². The summed E-state index contributed by atoms with van der Waals surface area (Å²) in [5.41, 5.74) is -0.495. The van der Waals surface area contributed by atoms with Crippen molar-refractivity contribution >= 4 is 5.97 Å². The second kappa shape index (κ2) is 7.28. The zero-order chi connectivity index (χ0) is 25.0. The van der Waals surface area contributed by atoms with Crippen molar-refractivity contribution in [1.29, 1.82) is 0 Å². The normalized spacial score (nSPS) is 48.3. The quantitative estimate of drug-likeness (QED) is 0.360. The highest BCUT2D eigenvalue weighted by molar-refractivity contribution is 5.88. The first kappa shape index (κ1) is 24.2. The predicted molar refractivity (Wildman–Crippen MR) is 127 cm³/mol. The number of hydrogen-bond acceptors (Lipinski definition) is 6. The van der Waals surface area contributed by atoms with Crippen molar-refractivity contribution in [2.45, 2.75) is 91.5 Å². The summed E-state index contributed by atoms with van der Waals surface area (Å²) < 4.78 is 18.5. The third-order valence-corrected chi connectivity index (χ3v) is 9.92. The molecule has 1 spiro atoms. The molecule has 9 atom stereocenters. The SMILES string of the molecule is C/C=C(\C)C(=O)O[C@H]1C(C)=C[C@]23C(O)[C@@H](C=C4COC(C)(C)O[C@H]4[C@]12O)[C@H]1[C@@H](C[C@H]3C)C1(C)C. The lowest BCUT2D eigenvalue weighted by Crippen LogP contribution is -2.69. The third kappa shape index (κ3) is 2.92. The number of carbonyl (C=O) groups excluding carboxylic acids is 1. The second-order valence-electron chi connectivity index (χ2n) is 12.4. The van der Waals surface area contributed by atoms with Gasteiger partial charge in [-0.05, 0) is 75.4 Å². The van der Waals surface area contributed by atoms with Crippen LogP contribution < -0.4 is 0 Å². The van der Waals surface area contributed by atoms with E-state index in [4.69, 9.17) is 14.2 Å². The number of aliphatic hydroxyl groups is 2. The fourth-order valence-corrected chi connectivity index (χ4v) is 7.93. The lowest BCUT2D eigenvalue weighted by Gasteiger charge is -2.55. The molecule has 6 heteroatoms. The van der Waals surface area contributed by atoms with Crippen LogP contribution in [0.1, 0.15) is 61.8 Å². The van der Waals surface area contributed by atoms with Gasteiger partial charge in [0.05, 0.1) is 18.1 Å². The molecule has 34 heavy (non-hydrogen) atoms. The highest BCUT2D eigenvalue weighted by Gasteiger charge is 2.77. The number of ether oxygens (including phenoxy) is 3. The summed E-state index contributed by atoms with van der Waals surface area (Å²) in [5.74, 6) is -0.802. The Morgan fingerprint density at radius 2 is 1.94 bits per heavy atom. The number of carbonyl (C=O) groups is 1. The number of fused-ring (bicyclic) bond motifs is 5. The van der Waals surface area contributed by atoms with Crippen LogP contribution in [-0.2, 0) is 19.0 Å². The molecule has 2 saturated carbocycles. The predicted octanol–water partition coefficient (Wildman–Crippen LogP) is 3.92. The maximum atomic E-state index is 12.9. The van der Waals surface area contributed by atoms with E-state index in [1.807, 2.05) is 26.8 Å². The molecule has 6 nitrogen and oxygen atoms in total. The van der Waals surface area contributed by atoms with Gasteiger partial charge in [0.1, 0.15) is 11.7 Å². The van der Waals surface area contributed by atoms with Gasteiger partial charge in [-0.2, -0.15) is 0 Å². The molecule has 0 aromatic heterocycles.